The number of aliphatic imine (C=N–C) groups is 1. The van der Waals surface area contributed by atoms with E-state index >= 15 is 0 Å². The van der Waals surface area contributed by atoms with E-state index in [1.165, 1.54) is 0 Å². The van der Waals surface area contributed by atoms with Gasteiger partial charge in [-0.05, 0) is 27.7 Å². The molecule has 0 spiro atoms. The van der Waals surface area contributed by atoms with Crippen molar-refractivity contribution >= 4 is 35.8 Å². The van der Waals surface area contributed by atoms with E-state index in [0.29, 0.717) is 19.0 Å². The number of amides is 1. The zero-order chi connectivity index (χ0) is 18.3. The number of guanidine groups is 1. The Morgan fingerprint density at radius 2 is 2.04 bits per heavy atom. The maximum Gasteiger partial charge on any atom is 0.240 e. The third kappa shape index (κ3) is 8.32. The van der Waals surface area contributed by atoms with Crippen molar-refractivity contribution in [2.24, 2.45) is 12.0 Å². The molecule has 0 aliphatic carbocycles. The Balaban J connectivity index is 0.00000576. The third-order valence-electron chi connectivity index (χ3n) is 3.21. The molecule has 2 N–H and O–H groups in total. The molecule has 25 heavy (non-hydrogen) atoms. The lowest BCUT2D eigenvalue weighted by molar-refractivity contribution is -0.122. The normalized spacial score (nSPS) is 11.5. The highest BCUT2D eigenvalue weighted by molar-refractivity contribution is 14.0. The van der Waals surface area contributed by atoms with Gasteiger partial charge in [-0.3, -0.25) is 4.79 Å². The minimum atomic E-state index is -0.264. The van der Waals surface area contributed by atoms with Crippen molar-refractivity contribution in [3.05, 3.63) is 24.3 Å². The van der Waals surface area contributed by atoms with Crippen molar-refractivity contribution in [2.45, 2.75) is 39.8 Å². The summed E-state index contributed by atoms with van der Waals surface area (Å²) in [7, 11) is 3.72. The second-order valence-electron chi connectivity index (χ2n) is 6.69. The van der Waals surface area contributed by atoms with Crippen LogP contribution < -0.4 is 10.6 Å². The molecule has 0 atom stereocenters. The largest absolute Gasteiger partial charge is 0.353 e. The van der Waals surface area contributed by atoms with E-state index in [1.54, 1.807) is 11.0 Å². The molecular weight excluding hydrogens is 433 g/mol. The van der Waals surface area contributed by atoms with Crippen molar-refractivity contribution < 1.29 is 4.79 Å². The molecule has 8 nitrogen and oxygen atoms in total. The van der Waals surface area contributed by atoms with Gasteiger partial charge in [0, 0.05) is 26.2 Å². The smallest absolute Gasteiger partial charge is 0.240 e. The zero-order valence-electron chi connectivity index (χ0n) is 16.0. The summed E-state index contributed by atoms with van der Waals surface area (Å²) in [4.78, 5) is 18.4. The number of rotatable bonds is 6. The fraction of sp³-hybridized carbons (Fsp3) is 0.625. The molecule has 1 aromatic heterocycles. The van der Waals surface area contributed by atoms with E-state index in [-0.39, 0.29) is 42.0 Å². The van der Waals surface area contributed by atoms with Crippen LogP contribution in [0.15, 0.2) is 17.6 Å². The number of nitrogens with one attached hydrogen (secondary N) is 2. The predicted octanol–water partition coefficient (Wildman–Crippen LogP) is 1.22. The monoisotopic (exact) mass is 463 g/mol. The van der Waals surface area contributed by atoms with Gasteiger partial charge in [-0.1, -0.05) is 6.08 Å². The molecule has 0 radical (unpaired) electrons. The second-order valence-corrected chi connectivity index (χ2v) is 6.69. The lowest BCUT2D eigenvalue weighted by Crippen LogP contribution is -2.48. The highest BCUT2D eigenvalue weighted by Gasteiger charge is 2.17. The van der Waals surface area contributed by atoms with Gasteiger partial charge >= 0.3 is 0 Å². The molecule has 0 fully saturated rings. The summed E-state index contributed by atoms with van der Waals surface area (Å²) >= 11 is 0. The van der Waals surface area contributed by atoms with Crippen LogP contribution in [-0.4, -0.2) is 57.2 Å². The lowest BCUT2D eigenvalue weighted by Gasteiger charge is -2.25. The molecule has 142 valence electrons. The van der Waals surface area contributed by atoms with Crippen molar-refractivity contribution in [1.29, 1.82) is 0 Å². The summed E-state index contributed by atoms with van der Waals surface area (Å²) in [5.41, 5.74) is -0.264. The van der Waals surface area contributed by atoms with Crippen LogP contribution in [0, 0.1) is 6.92 Å². The third-order valence-corrected chi connectivity index (χ3v) is 3.21. The van der Waals surface area contributed by atoms with Gasteiger partial charge in [0.25, 0.3) is 0 Å². The summed E-state index contributed by atoms with van der Waals surface area (Å²) in [5, 5.41) is 14.2. The van der Waals surface area contributed by atoms with E-state index in [0.717, 1.165) is 11.6 Å². The standard InChI is InChI=1S/C16H29N7O.HI/c1-8-9-17-15(18-10-13-21-20-12(2)23(13)7)22(6)11-14(24)19-16(3,4)5;/h8H,1,9-11H2,2-7H3,(H,17,18)(H,19,24);1H. The molecule has 0 saturated heterocycles. The van der Waals surface area contributed by atoms with E-state index < -0.39 is 0 Å². The summed E-state index contributed by atoms with van der Waals surface area (Å²) in [6, 6.07) is 0. The summed E-state index contributed by atoms with van der Waals surface area (Å²) in [5.74, 6) is 2.14. The molecule has 0 aromatic carbocycles. The minimum absolute atomic E-state index is 0. The Labute approximate surface area is 167 Å². The second kappa shape index (κ2) is 10.4. The Bertz CT molecular complexity index is 604. The van der Waals surface area contributed by atoms with Gasteiger partial charge in [0.05, 0.1) is 6.54 Å². The van der Waals surface area contributed by atoms with E-state index in [1.807, 2.05) is 46.4 Å². The molecule has 1 heterocycles. The van der Waals surface area contributed by atoms with Crippen LogP contribution in [0.4, 0.5) is 0 Å². The first-order chi connectivity index (χ1) is 11.1. The maximum absolute atomic E-state index is 12.1. The molecule has 0 saturated carbocycles. The molecular formula is C16H30IN7O. The minimum Gasteiger partial charge on any atom is -0.353 e. The van der Waals surface area contributed by atoms with Gasteiger partial charge in [0.2, 0.25) is 5.91 Å². The van der Waals surface area contributed by atoms with Gasteiger partial charge < -0.3 is 20.1 Å². The summed E-state index contributed by atoms with van der Waals surface area (Å²) < 4.78 is 1.89. The van der Waals surface area contributed by atoms with E-state index in [4.69, 9.17) is 0 Å². The Morgan fingerprint density at radius 1 is 1.40 bits per heavy atom. The average molecular weight is 463 g/mol. The molecule has 1 amide bonds. The molecule has 0 aliphatic rings. The molecule has 1 rings (SSSR count). The Hall–Kier alpha value is -1.65. The average Bonchev–Trinajstić information content (AvgIpc) is 2.76. The first-order valence-corrected chi connectivity index (χ1v) is 7.90. The fourth-order valence-electron chi connectivity index (χ4n) is 1.96. The number of carbonyl (C=O) groups is 1. The van der Waals surface area contributed by atoms with Crippen molar-refractivity contribution in [2.75, 3.05) is 20.1 Å². The van der Waals surface area contributed by atoms with Crippen LogP contribution in [0.25, 0.3) is 0 Å². The van der Waals surface area contributed by atoms with Crippen molar-refractivity contribution in [1.82, 2.24) is 30.3 Å². The van der Waals surface area contributed by atoms with Crippen LogP contribution in [-0.2, 0) is 18.4 Å². The number of likely N-dealkylation sites (N-methyl/N-ethyl adjacent to an activating group) is 1. The summed E-state index contributed by atoms with van der Waals surface area (Å²) in [6.45, 7) is 12.6. The highest BCUT2D eigenvalue weighted by atomic mass is 127. The molecule has 0 aliphatic heterocycles. The number of nitrogens with zero attached hydrogens (tertiary/aromatic N) is 5. The number of carbonyl (C=O) groups excluding carboxylic acids is 1. The van der Waals surface area contributed by atoms with Crippen LogP contribution in [0.2, 0.25) is 0 Å². The summed E-state index contributed by atoms with van der Waals surface area (Å²) in [6.07, 6.45) is 1.74. The number of hydrogen-bond acceptors (Lipinski definition) is 4. The van der Waals surface area contributed by atoms with Crippen LogP contribution >= 0.6 is 24.0 Å². The topological polar surface area (TPSA) is 87.4 Å². The van der Waals surface area contributed by atoms with Crippen LogP contribution in [0.1, 0.15) is 32.4 Å². The highest BCUT2D eigenvalue weighted by Crippen LogP contribution is 2.01. The molecule has 0 bridgehead atoms. The molecule has 9 heteroatoms. The quantitative estimate of drug-likeness (QED) is 0.287. The Morgan fingerprint density at radius 3 is 2.52 bits per heavy atom. The SMILES string of the molecule is C=CCNC(=NCc1nnc(C)n1C)N(C)CC(=O)NC(C)(C)C.I. The Kier molecular flexibility index (Phi) is 9.68. The number of hydrogen-bond donors (Lipinski definition) is 2. The first kappa shape index (κ1) is 23.4. The van der Waals surface area contributed by atoms with Gasteiger partial charge in [0.15, 0.2) is 11.8 Å². The maximum atomic E-state index is 12.1. The molecule has 1 aromatic rings. The van der Waals surface area contributed by atoms with Crippen LogP contribution in [0.3, 0.4) is 0 Å². The van der Waals surface area contributed by atoms with Gasteiger partial charge in [-0.15, -0.1) is 40.8 Å². The predicted molar refractivity (Wildman–Crippen MR) is 111 cm³/mol. The van der Waals surface area contributed by atoms with Gasteiger partial charge in [-0.2, -0.15) is 0 Å². The fourth-order valence-corrected chi connectivity index (χ4v) is 1.96. The first-order valence-electron chi connectivity index (χ1n) is 7.90. The van der Waals surface area contributed by atoms with Crippen molar-refractivity contribution in [3.63, 3.8) is 0 Å². The number of aryl methyl sites for hydroxylation is 1. The van der Waals surface area contributed by atoms with Crippen LogP contribution in [0.5, 0.6) is 0 Å². The molecule has 0 unspecified atom stereocenters. The van der Waals surface area contributed by atoms with Gasteiger partial charge in [0.1, 0.15) is 12.4 Å². The number of halogens is 1. The van der Waals surface area contributed by atoms with E-state index in [9.17, 15) is 4.79 Å². The van der Waals surface area contributed by atoms with Crippen molar-refractivity contribution in [3.8, 4) is 0 Å². The zero-order valence-corrected chi connectivity index (χ0v) is 18.3. The number of aromatic nitrogens is 3. The van der Waals surface area contributed by atoms with E-state index in [2.05, 4.69) is 32.4 Å². The lowest BCUT2D eigenvalue weighted by atomic mass is 10.1. The van der Waals surface area contributed by atoms with Gasteiger partial charge in [-0.25, -0.2) is 4.99 Å².